The van der Waals surface area contributed by atoms with Gasteiger partial charge in [-0.1, -0.05) is 6.92 Å². The lowest BCUT2D eigenvalue weighted by Gasteiger charge is -2.32. The normalized spacial score (nSPS) is 15.4. The predicted molar refractivity (Wildman–Crippen MR) is 182 cm³/mol. The fourth-order valence-electron chi connectivity index (χ4n) is 4.73. The zero-order valence-electron chi connectivity index (χ0n) is 29.2. The Balaban J connectivity index is 1.74. The van der Waals surface area contributed by atoms with E-state index in [0.29, 0.717) is 29.4 Å². The first kappa shape index (κ1) is 39.8. The van der Waals surface area contributed by atoms with Crippen LogP contribution in [-0.2, 0) is 26.7 Å². The number of hydrogen-bond acceptors (Lipinski definition) is 8. The van der Waals surface area contributed by atoms with Crippen molar-refractivity contribution >= 4 is 27.6 Å². The molecule has 0 radical (unpaired) electrons. The Kier molecular flexibility index (Phi) is 13.9. The molecule has 1 N–H and O–H groups in total. The maximum atomic E-state index is 13.3. The zero-order chi connectivity index (χ0) is 35.9. The number of nitrogens with one attached hydrogen (secondary N) is 1. The standard InChI is InChI=1S/C32H49F3N6O5S2/c1-10-41(48(43)31(6,7)8)22(2)26-18-25(28(44-9)19-36-26)23-17-27(29-37-21-38-40(29)20-23)46-16-15-45-14-12-24(11-13-32(33,34)35)39-47(42)30(3,4)5/h17-22,24,39H,10-16H2,1-9H3/t22-,24?,47?,48?/m1/s1. The van der Waals surface area contributed by atoms with E-state index in [4.69, 9.17) is 14.2 Å². The summed E-state index contributed by atoms with van der Waals surface area (Å²) in [6, 6.07) is 2.85. The van der Waals surface area contributed by atoms with Crippen LogP contribution in [0.15, 0.2) is 30.9 Å². The van der Waals surface area contributed by atoms with Crippen LogP contribution in [0.2, 0.25) is 0 Å². The summed E-state index contributed by atoms with van der Waals surface area (Å²) in [7, 11) is -1.21. The molecular weight excluding hydrogens is 670 g/mol. The second-order valence-electron chi connectivity index (χ2n) is 13.3. The fourth-order valence-corrected chi connectivity index (χ4v) is 6.95. The summed E-state index contributed by atoms with van der Waals surface area (Å²) in [6.45, 7) is 16.1. The van der Waals surface area contributed by atoms with Crippen molar-refractivity contribution in [1.82, 2.24) is 28.6 Å². The Labute approximate surface area is 286 Å². The summed E-state index contributed by atoms with van der Waals surface area (Å²) < 4.78 is 87.2. The second kappa shape index (κ2) is 16.8. The van der Waals surface area contributed by atoms with E-state index in [2.05, 4.69) is 19.8 Å². The molecule has 3 rings (SSSR count). The maximum Gasteiger partial charge on any atom is 0.389 e. The molecule has 48 heavy (non-hydrogen) atoms. The Morgan fingerprint density at radius 2 is 1.69 bits per heavy atom. The van der Waals surface area contributed by atoms with Crippen LogP contribution in [0.25, 0.3) is 16.8 Å². The molecule has 0 aliphatic rings. The zero-order valence-corrected chi connectivity index (χ0v) is 30.9. The van der Waals surface area contributed by atoms with Crippen molar-refractivity contribution in [3.05, 3.63) is 36.5 Å². The van der Waals surface area contributed by atoms with Gasteiger partial charge in [0.1, 0.15) is 29.7 Å². The SMILES string of the molecule is CCN([C@H](C)c1cc(-c2cc(OCCOCCC(CCC(F)(F)F)NS(=O)C(C)(C)C)c3ncnn3c2)c(OC)cn1)S(=O)C(C)(C)C. The smallest absolute Gasteiger partial charge is 0.389 e. The average molecular weight is 719 g/mol. The number of methoxy groups -OCH3 is 1. The van der Waals surface area contributed by atoms with Crippen LogP contribution in [0, 0.1) is 0 Å². The minimum atomic E-state index is -4.30. The molecule has 0 amide bonds. The van der Waals surface area contributed by atoms with Gasteiger partial charge in [0.2, 0.25) is 0 Å². The van der Waals surface area contributed by atoms with Gasteiger partial charge in [-0.2, -0.15) is 18.3 Å². The lowest BCUT2D eigenvalue weighted by Crippen LogP contribution is -2.41. The molecule has 0 saturated heterocycles. The molecule has 0 saturated carbocycles. The Morgan fingerprint density at radius 1 is 0.979 bits per heavy atom. The molecule has 3 heterocycles. The summed E-state index contributed by atoms with van der Waals surface area (Å²) in [4.78, 5) is 8.94. The van der Waals surface area contributed by atoms with Crippen molar-refractivity contribution in [2.45, 2.75) is 102 Å². The van der Waals surface area contributed by atoms with E-state index in [1.165, 1.54) is 6.33 Å². The molecular formula is C32H49F3N6O5S2. The van der Waals surface area contributed by atoms with E-state index in [1.807, 2.05) is 51.1 Å². The van der Waals surface area contributed by atoms with E-state index in [-0.39, 0.29) is 38.7 Å². The van der Waals surface area contributed by atoms with Crippen LogP contribution in [-0.4, -0.2) is 87.5 Å². The molecule has 0 fully saturated rings. The summed E-state index contributed by atoms with van der Waals surface area (Å²) >= 11 is 0. The molecule has 0 aromatic carbocycles. The quantitative estimate of drug-likeness (QED) is 0.164. The van der Waals surface area contributed by atoms with Crippen molar-refractivity contribution in [1.29, 1.82) is 0 Å². The van der Waals surface area contributed by atoms with E-state index >= 15 is 0 Å². The summed E-state index contributed by atoms with van der Waals surface area (Å²) in [5.41, 5.74) is 2.66. The van der Waals surface area contributed by atoms with Gasteiger partial charge >= 0.3 is 6.18 Å². The highest BCUT2D eigenvalue weighted by molar-refractivity contribution is 7.84. The van der Waals surface area contributed by atoms with Crippen molar-refractivity contribution in [3.8, 4) is 22.6 Å². The average Bonchev–Trinajstić information content (AvgIpc) is 3.49. The molecule has 3 aromatic heterocycles. The number of nitrogens with zero attached hydrogens (tertiary/aromatic N) is 5. The number of hydrogen-bond donors (Lipinski definition) is 1. The fraction of sp³-hybridized carbons (Fsp3) is 0.656. The van der Waals surface area contributed by atoms with Gasteiger partial charge in [-0.05, 0) is 73.4 Å². The van der Waals surface area contributed by atoms with E-state index < -0.39 is 50.1 Å². The van der Waals surface area contributed by atoms with E-state index in [9.17, 15) is 21.6 Å². The highest BCUT2D eigenvalue weighted by Crippen LogP contribution is 2.36. The summed E-state index contributed by atoms with van der Waals surface area (Å²) in [5, 5.41) is 4.30. The Bertz CT molecular complexity index is 1540. The maximum absolute atomic E-state index is 13.3. The number of halogens is 3. The Hall–Kier alpha value is -2.66. The molecule has 11 nitrogen and oxygen atoms in total. The van der Waals surface area contributed by atoms with Gasteiger partial charge in [0.15, 0.2) is 11.4 Å². The first-order chi connectivity index (χ1) is 22.4. The minimum absolute atomic E-state index is 0.139. The molecule has 0 bridgehead atoms. The van der Waals surface area contributed by atoms with Gasteiger partial charge in [-0.3, -0.25) is 4.98 Å². The second-order valence-corrected chi connectivity index (χ2v) is 17.5. The predicted octanol–water partition coefficient (Wildman–Crippen LogP) is 6.19. The van der Waals surface area contributed by atoms with E-state index in [0.717, 1.165) is 11.1 Å². The van der Waals surface area contributed by atoms with Gasteiger partial charge in [-0.15, -0.1) is 0 Å². The lowest BCUT2D eigenvalue weighted by atomic mass is 10.0. The van der Waals surface area contributed by atoms with E-state index in [1.54, 1.807) is 44.8 Å². The molecule has 0 aliphatic carbocycles. The topological polar surface area (TPSA) is 120 Å². The molecule has 270 valence electrons. The first-order valence-electron chi connectivity index (χ1n) is 15.9. The third kappa shape index (κ3) is 11.2. The number of pyridine rings is 2. The highest BCUT2D eigenvalue weighted by Gasteiger charge is 2.31. The molecule has 16 heteroatoms. The molecule has 0 aliphatic heterocycles. The molecule has 0 spiro atoms. The largest absolute Gasteiger partial charge is 0.494 e. The van der Waals surface area contributed by atoms with Crippen molar-refractivity contribution in [2.24, 2.45) is 0 Å². The van der Waals surface area contributed by atoms with Crippen LogP contribution in [0.5, 0.6) is 11.5 Å². The van der Waals surface area contributed by atoms with Gasteiger partial charge in [0.05, 0.1) is 52.1 Å². The van der Waals surface area contributed by atoms with Crippen LogP contribution in [0.1, 0.15) is 86.4 Å². The van der Waals surface area contributed by atoms with Gasteiger partial charge < -0.3 is 14.2 Å². The summed E-state index contributed by atoms with van der Waals surface area (Å²) in [5.74, 6) is 0.970. The number of fused-ring (bicyclic) bond motifs is 1. The summed E-state index contributed by atoms with van der Waals surface area (Å²) in [6.07, 6.45) is -0.370. The number of alkyl halides is 3. The van der Waals surface area contributed by atoms with Crippen molar-refractivity contribution in [3.63, 3.8) is 0 Å². The van der Waals surface area contributed by atoms with Gasteiger partial charge in [-0.25, -0.2) is 26.9 Å². The third-order valence-electron chi connectivity index (χ3n) is 7.37. The monoisotopic (exact) mass is 718 g/mol. The Morgan fingerprint density at radius 3 is 2.29 bits per heavy atom. The van der Waals surface area contributed by atoms with Crippen LogP contribution in [0.4, 0.5) is 13.2 Å². The van der Waals surface area contributed by atoms with Crippen LogP contribution < -0.4 is 14.2 Å². The van der Waals surface area contributed by atoms with Gasteiger partial charge in [0, 0.05) is 42.9 Å². The van der Waals surface area contributed by atoms with Gasteiger partial charge in [0.25, 0.3) is 0 Å². The highest BCUT2D eigenvalue weighted by atomic mass is 32.2. The molecule has 3 unspecified atom stereocenters. The lowest BCUT2D eigenvalue weighted by molar-refractivity contribution is -0.136. The number of rotatable bonds is 17. The third-order valence-corrected chi connectivity index (χ3v) is 11.1. The van der Waals surface area contributed by atoms with Crippen LogP contribution in [0.3, 0.4) is 0 Å². The number of ether oxygens (including phenoxy) is 3. The first-order valence-corrected chi connectivity index (χ1v) is 18.1. The molecule has 3 aromatic rings. The van der Waals surface area contributed by atoms with Crippen molar-refractivity contribution in [2.75, 3.05) is 33.5 Å². The minimum Gasteiger partial charge on any atom is -0.494 e. The molecule has 4 atom stereocenters. The van der Waals surface area contributed by atoms with Crippen LogP contribution >= 0.6 is 0 Å². The number of aromatic nitrogens is 4. The van der Waals surface area contributed by atoms with Crippen molar-refractivity contribution < 1.29 is 35.8 Å².